The molecule has 0 saturated heterocycles. The van der Waals surface area contributed by atoms with E-state index in [0.29, 0.717) is 5.89 Å². The molecule has 5 rings (SSSR count). The van der Waals surface area contributed by atoms with Crippen LogP contribution in [0.4, 0.5) is 0 Å². The van der Waals surface area contributed by atoms with E-state index in [2.05, 4.69) is 97.2 Å². The average Bonchev–Trinajstić information content (AvgIpc) is 3.25. The zero-order chi connectivity index (χ0) is 20.7. The van der Waals surface area contributed by atoms with Crippen LogP contribution in [-0.4, -0.2) is 4.98 Å². The van der Waals surface area contributed by atoms with Crippen LogP contribution < -0.4 is 4.57 Å². The van der Waals surface area contributed by atoms with Gasteiger partial charge in [0.15, 0.2) is 12.0 Å². The van der Waals surface area contributed by atoms with Crippen molar-refractivity contribution in [3.8, 4) is 22.8 Å². The largest absolute Gasteiger partial charge is 0.436 e. The zero-order valence-electron chi connectivity index (χ0n) is 17.6. The molecule has 0 bridgehead atoms. The van der Waals surface area contributed by atoms with Gasteiger partial charge in [-0.3, -0.25) is 0 Å². The standard InChI is InChI=1S/C27H25N2O/c1-4-12-29-13-11-24(23-7-5-6-8-25(23)29)27-28-17-26(30-27)21-10-9-20-14-18(2)19(3)15-22(20)16-21/h5-11,13-17H,4,12H2,1-3H3/q+1. The van der Waals surface area contributed by atoms with E-state index in [1.165, 1.54) is 27.4 Å². The Bertz CT molecular complexity index is 1380. The number of hydrogen-bond acceptors (Lipinski definition) is 2. The van der Waals surface area contributed by atoms with E-state index >= 15 is 0 Å². The van der Waals surface area contributed by atoms with Crippen LogP contribution in [0.25, 0.3) is 44.5 Å². The second-order valence-corrected chi connectivity index (χ2v) is 7.97. The Hall–Kier alpha value is -3.46. The molecule has 30 heavy (non-hydrogen) atoms. The van der Waals surface area contributed by atoms with Crippen molar-refractivity contribution in [1.82, 2.24) is 4.98 Å². The van der Waals surface area contributed by atoms with E-state index in [0.717, 1.165) is 35.2 Å². The van der Waals surface area contributed by atoms with Crippen LogP contribution in [0, 0.1) is 13.8 Å². The van der Waals surface area contributed by atoms with E-state index in [-0.39, 0.29) is 0 Å². The summed E-state index contributed by atoms with van der Waals surface area (Å²) in [5.41, 5.74) is 5.89. The normalized spacial score (nSPS) is 11.4. The quantitative estimate of drug-likeness (QED) is 0.321. The highest BCUT2D eigenvalue weighted by Crippen LogP contribution is 2.31. The van der Waals surface area contributed by atoms with E-state index < -0.39 is 0 Å². The first-order valence-corrected chi connectivity index (χ1v) is 10.5. The van der Waals surface area contributed by atoms with Gasteiger partial charge in [-0.1, -0.05) is 43.3 Å². The Balaban J connectivity index is 1.59. The summed E-state index contributed by atoms with van der Waals surface area (Å²) in [6, 6.07) is 21.5. The minimum absolute atomic E-state index is 0.657. The molecule has 2 aromatic heterocycles. The number of hydrogen-bond donors (Lipinski definition) is 0. The van der Waals surface area contributed by atoms with Crippen molar-refractivity contribution in [2.75, 3.05) is 0 Å². The van der Waals surface area contributed by atoms with Gasteiger partial charge < -0.3 is 4.42 Å². The molecule has 0 spiro atoms. The lowest BCUT2D eigenvalue weighted by molar-refractivity contribution is -0.671. The SMILES string of the molecule is CCC[n+]1ccc(-c2ncc(-c3ccc4cc(C)c(C)cc4c3)o2)c2ccccc21. The maximum atomic E-state index is 6.25. The van der Waals surface area contributed by atoms with Crippen LogP contribution in [0.15, 0.2) is 77.5 Å². The van der Waals surface area contributed by atoms with Crippen molar-refractivity contribution < 1.29 is 8.98 Å². The average molecular weight is 394 g/mol. The third-order valence-corrected chi connectivity index (χ3v) is 5.86. The summed E-state index contributed by atoms with van der Waals surface area (Å²) >= 11 is 0. The number of fused-ring (bicyclic) bond motifs is 2. The minimum Gasteiger partial charge on any atom is -0.436 e. The first-order valence-electron chi connectivity index (χ1n) is 10.5. The fraction of sp³-hybridized carbons (Fsp3) is 0.185. The Labute approximate surface area is 176 Å². The van der Waals surface area contributed by atoms with Crippen molar-refractivity contribution in [1.29, 1.82) is 0 Å². The first-order chi connectivity index (χ1) is 14.6. The Morgan fingerprint density at radius 1 is 0.900 bits per heavy atom. The third-order valence-electron chi connectivity index (χ3n) is 5.86. The molecule has 3 nitrogen and oxygen atoms in total. The lowest BCUT2D eigenvalue weighted by Gasteiger charge is -2.06. The number of oxazole rings is 1. The highest BCUT2D eigenvalue weighted by Gasteiger charge is 2.17. The lowest BCUT2D eigenvalue weighted by atomic mass is 10.0. The van der Waals surface area contributed by atoms with Gasteiger partial charge in [-0.25, -0.2) is 4.98 Å². The number of para-hydroxylation sites is 1. The van der Waals surface area contributed by atoms with Gasteiger partial charge in [0, 0.05) is 24.1 Å². The molecular formula is C27H25N2O+. The second-order valence-electron chi connectivity index (χ2n) is 7.97. The number of rotatable bonds is 4. The molecule has 148 valence electrons. The summed E-state index contributed by atoms with van der Waals surface area (Å²) in [6.07, 6.45) is 5.06. The first kappa shape index (κ1) is 18.6. The molecule has 0 aliphatic heterocycles. The summed E-state index contributed by atoms with van der Waals surface area (Å²) in [6.45, 7) is 7.50. The maximum absolute atomic E-state index is 6.25. The van der Waals surface area contributed by atoms with Crippen molar-refractivity contribution in [2.24, 2.45) is 0 Å². The summed E-state index contributed by atoms with van der Waals surface area (Å²) in [7, 11) is 0. The molecule has 0 amide bonds. The van der Waals surface area contributed by atoms with Crippen LogP contribution in [-0.2, 0) is 6.54 Å². The number of aromatic nitrogens is 2. The molecule has 5 aromatic rings. The van der Waals surface area contributed by atoms with Gasteiger partial charge in [0.1, 0.15) is 6.54 Å². The van der Waals surface area contributed by atoms with Crippen LogP contribution in [0.2, 0.25) is 0 Å². The topological polar surface area (TPSA) is 29.9 Å². The number of pyridine rings is 1. The molecule has 0 unspecified atom stereocenters. The molecule has 0 saturated carbocycles. The molecular weight excluding hydrogens is 368 g/mol. The molecule has 0 fully saturated rings. The van der Waals surface area contributed by atoms with Gasteiger partial charge >= 0.3 is 0 Å². The smallest absolute Gasteiger partial charge is 0.227 e. The van der Waals surface area contributed by atoms with E-state index in [4.69, 9.17) is 4.42 Å². The fourth-order valence-corrected chi connectivity index (χ4v) is 4.12. The predicted octanol–water partition coefficient (Wildman–Crippen LogP) is 6.63. The molecule has 0 aliphatic rings. The third kappa shape index (κ3) is 3.17. The molecule has 3 heteroatoms. The van der Waals surface area contributed by atoms with Gasteiger partial charge in [-0.15, -0.1) is 0 Å². The molecule has 3 aromatic carbocycles. The molecule has 0 aliphatic carbocycles. The van der Waals surface area contributed by atoms with Gasteiger partial charge in [-0.2, -0.15) is 4.57 Å². The maximum Gasteiger partial charge on any atom is 0.227 e. The number of aryl methyl sites for hydroxylation is 3. The number of nitrogens with zero attached hydrogens (tertiary/aromatic N) is 2. The van der Waals surface area contributed by atoms with Crippen molar-refractivity contribution >= 4 is 21.7 Å². The predicted molar refractivity (Wildman–Crippen MR) is 122 cm³/mol. The Kier molecular flexibility index (Phi) is 4.59. The lowest BCUT2D eigenvalue weighted by Crippen LogP contribution is -2.33. The molecule has 0 N–H and O–H groups in total. The highest BCUT2D eigenvalue weighted by atomic mass is 16.4. The van der Waals surface area contributed by atoms with Crippen molar-refractivity contribution in [3.05, 3.63) is 84.2 Å². The Morgan fingerprint density at radius 3 is 2.53 bits per heavy atom. The summed E-state index contributed by atoms with van der Waals surface area (Å²) in [5.74, 6) is 1.45. The van der Waals surface area contributed by atoms with Crippen LogP contribution in [0.1, 0.15) is 24.5 Å². The van der Waals surface area contributed by atoms with E-state index in [1.54, 1.807) is 0 Å². The molecule has 0 radical (unpaired) electrons. The minimum atomic E-state index is 0.657. The van der Waals surface area contributed by atoms with E-state index in [1.807, 2.05) is 6.20 Å². The van der Waals surface area contributed by atoms with E-state index in [9.17, 15) is 0 Å². The van der Waals surface area contributed by atoms with Crippen LogP contribution >= 0.6 is 0 Å². The highest BCUT2D eigenvalue weighted by molar-refractivity contribution is 5.91. The summed E-state index contributed by atoms with van der Waals surface area (Å²) in [5, 5.41) is 3.63. The summed E-state index contributed by atoms with van der Waals surface area (Å²) in [4.78, 5) is 4.62. The number of benzene rings is 3. The van der Waals surface area contributed by atoms with Crippen molar-refractivity contribution in [2.45, 2.75) is 33.7 Å². The van der Waals surface area contributed by atoms with Gasteiger partial charge in [0.2, 0.25) is 11.4 Å². The van der Waals surface area contributed by atoms with Gasteiger partial charge in [0.25, 0.3) is 0 Å². The second kappa shape index (κ2) is 7.42. The fourth-order valence-electron chi connectivity index (χ4n) is 4.12. The van der Waals surface area contributed by atoms with Crippen LogP contribution in [0.3, 0.4) is 0 Å². The zero-order valence-corrected chi connectivity index (χ0v) is 17.6. The van der Waals surface area contributed by atoms with Gasteiger partial charge in [0.05, 0.1) is 17.1 Å². The summed E-state index contributed by atoms with van der Waals surface area (Å²) < 4.78 is 8.53. The molecule has 0 atom stereocenters. The van der Waals surface area contributed by atoms with Gasteiger partial charge in [-0.05, 0) is 47.9 Å². The van der Waals surface area contributed by atoms with Crippen LogP contribution in [0.5, 0.6) is 0 Å². The van der Waals surface area contributed by atoms with Crippen molar-refractivity contribution in [3.63, 3.8) is 0 Å². The monoisotopic (exact) mass is 393 g/mol. The Morgan fingerprint density at radius 2 is 1.70 bits per heavy atom. The molecule has 2 heterocycles.